The number of ether oxygens (including phenoxy) is 3. The van der Waals surface area contributed by atoms with E-state index in [0.717, 1.165) is 17.1 Å². The second-order valence-electron chi connectivity index (χ2n) is 11.4. The van der Waals surface area contributed by atoms with E-state index in [2.05, 4.69) is 4.98 Å². The Hall–Kier alpha value is -3.38. The van der Waals surface area contributed by atoms with Crippen LogP contribution in [0.4, 0.5) is 0 Å². The third-order valence-electron chi connectivity index (χ3n) is 7.90. The standard InChI is InChI=1S/C32H35Cl2N3O7S/c1-36(2)31(38)22-6-4-7-23(14-22)45(40,41)37-13-5-8-27(37)32(39)44-29(16-24-25(33)17-35-18-26(24)34)21-11-12-28(42-3)30(15-21)43-19-20-9-10-20/h4,6-7,11-12,14-15,17-18,20,27,29H,5,8-10,13,16,19H2,1-3H3/t27-,29?/m0/s1. The molecule has 2 heterocycles. The van der Waals surface area contributed by atoms with Crippen LogP contribution in [0.2, 0.25) is 10.0 Å². The number of benzene rings is 2. The van der Waals surface area contributed by atoms with Crippen LogP contribution in [-0.4, -0.2) is 74.9 Å². The quantitative estimate of drug-likeness (QED) is 0.229. The number of carbonyl (C=O) groups excluding carboxylic acids is 2. The average Bonchev–Trinajstić information content (AvgIpc) is 3.72. The second-order valence-corrected chi connectivity index (χ2v) is 14.1. The number of pyridine rings is 1. The Balaban J connectivity index is 1.44. The molecule has 0 bridgehead atoms. The summed E-state index contributed by atoms with van der Waals surface area (Å²) in [5.41, 5.74) is 1.35. The molecule has 5 rings (SSSR count). The summed E-state index contributed by atoms with van der Waals surface area (Å²) in [5.74, 6) is 0.498. The Morgan fingerprint density at radius 3 is 2.44 bits per heavy atom. The van der Waals surface area contributed by atoms with Gasteiger partial charge in [0.1, 0.15) is 12.1 Å². The molecular weight excluding hydrogens is 641 g/mol. The van der Waals surface area contributed by atoms with Crippen LogP contribution in [0.3, 0.4) is 0 Å². The van der Waals surface area contributed by atoms with E-state index in [9.17, 15) is 18.0 Å². The smallest absolute Gasteiger partial charge is 0.325 e. The van der Waals surface area contributed by atoms with Crippen LogP contribution in [-0.2, 0) is 26.0 Å². The molecule has 1 aliphatic carbocycles. The van der Waals surface area contributed by atoms with Crippen molar-refractivity contribution in [3.8, 4) is 11.5 Å². The van der Waals surface area contributed by atoms with Crippen molar-refractivity contribution in [3.05, 3.63) is 81.6 Å². The lowest BCUT2D eigenvalue weighted by atomic mass is 10.0. The number of esters is 1. The molecule has 0 N–H and O–H groups in total. The molecule has 2 atom stereocenters. The Morgan fingerprint density at radius 1 is 1.04 bits per heavy atom. The van der Waals surface area contributed by atoms with E-state index in [1.54, 1.807) is 45.5 Å². The van der Waals surface area contributed by atoms with E-state index in [1.807, 2.05) is 0 Å². The molecule has 13 heteroatoms. The number of hydrogen-bond donors (Lipinski definition) is 0. The summed E-state index contributed by atoms with van der Waals surface area (Å²) in [6.07, 6.45) is 5.08. The zero-order valence-corrected chi connectivity index (χ0v) is 27.6. The lowest BCUT2D eigenvalue weighted by molar-refractivity contribution is -0.153. The van der Waals surface area contributed by atoms with E-state index >= 15 is 0 Å². The van der Waals surface area contributed by atoms with Crippen molar-refractivity contribution < 1.29 is 32.2 Å². The number of sulfonamides is 1. The number of carbonyl (C=O) groups is 2. The molecule has 1 aliphatic heterocycles. The van der Waals surface area contributed by atoms with Gasteiger partial charge in [-0.1, -0.05) is 35.3 Å². The molecule has 2 aliphatic rings. The number of halogens is 2. The predicted molar refractivity (Wildman–Crippen MR) is 169 cm³/mol. The molecule has 1 unspecified atom stereocenters. The van der Waals surface area contributed by atoms with Crippen LogP contribution in [0.25, 0.3) is 0 Å². The van der Waals surface area contributed by atoms with Crippen LogP contribution in [0.5, 0.6) is 11.5 Å². The van der Waals surface area contributed by atoms with Gasteiger partial charge < -0.3 is 19.1 Å². The maximum Gasteiger partial charge on any atom is 0.325 e. The zero-order valence-electron chi connectivity index (χ0n) is 25.2. The van der Waals surface area contributed by atoms with Gasteiger partial charge in [0.05, 0.1) is 28.7 Å². The van der Waals surface area contributed by atoms with Crippen LogP contribution in [0.15, 0.2) is 59.8 Å². The van der Waals surface area contributed by atoms with Crippen LogP contribution in [0.1, 0.15) is 53.3 Å². The van der Waals surface area contributed by atoms with Crippen LogP contribution >= 0.6 is 23.2 Å². The Morgan fingerprint density at radius 2 is 1.78 bits per heavy atom. The first kappa shape index (κ1) is 33.0. The summed E-state index contributed by atoms with van der Waals surface area (Å²) in [7, 11) is 0.586. The fourth-order valence-electron chi connectivity index (χ4n) is 5.21. The summed E-state index contributed by atoms with van der Waals surface area (Å²) in [6, 6.07) is 10.0. The highest BCUT2D eigenvalue weighted by Crippen LogP contribution is 2.38. The zero-order chi connectivity index (χ0) is 32.3. The third kappa shape index (κ3) is 7.54. The maximum absolute atomic E-state index is 13.8. The number of rotatable bonds is 12. The van der Waals surface area contributed by atoms with Gasteiger partial charge in [0.25, 0.3) is 5.91 Å². The van der Waals surface area contributed by atoms with Crippen molar-refractivity contribution >= 4 is 45.1 Å². The van der Waals surface area contributed by atoms with E-state index in [0.29, 0.717) is 51.6 Å². The summed E-state index contributed by atoms with van der Waals surface area (Å²) in [4.78, 5) is 31.7. The normalized spacial score (nSPS) is 17.5. The molecule has 1 amide bonds. The predicted octanol–water partition coefficient (Wildman–Crippen LogP) is 5.57. The van der Waals surface area contributed by atoms with Gasteiger partial charge in [-0.05, 0) is 73.1 Å². The van der Waals surface area contributed by atoms with E-state index in [4.69, 9.17) is 37.4 Å². The van der Waals surface area contributed by atoms with Crippen LogP contribution in [0, 0.1) is 5.92 Å². The van der Waals surface area contributed by atoms with Crippen molar-refractivity contribution in [2.24, 2.45) is 5.92 Å². The van der Waals surface area contributed by atoms with Crippen LogP contribution < -0.4 is 9.47 Å². The van der Waals surface area contributed by atoms with Gasteiger partial charge in [0.15, 0.2) is 11.5 Å². The van der Waals surface area contributed by atoms with Gasteiger partial charge in [0.2, 0.25) is 10.0 Å². The minimum absolute atomic E-state index is 0.0746. The highest BCUT2D eigenvalue weighted by molar-refractivity contribution is 7.89. The Bertz CT molecular complexity index is 1660. The minimum atomic E-state index is -4.14. The van der Waals surface area contributed by atoms with Gasteiger partial charge in [-0.3, -0.25) is 14.6 Å². The van der Waals surface area contributed by atoms with E-state index in [-0.39, 0.29) is 35.8 Å². The van der Waals surface area contributed by atoms with Crippen molar-refractivity contribution in [3.63, 3.8) is 0 Å². The average molecular weight is 677 g/mol. The van der Waals surface area contributed by atoms with E-state index < -0.39 is 28.1 Å². The summed E-state index contributed by atoms with van der Waals surface area (Å²) in [6.45, 7) is 0.671. The van der Waals surface area contributed by atoms with Gasteiger partial charge in [-0.25, -0.2) is 8.42 Å². The molecule has 0 spiro atoms. The lowest BCUT2D eigenvalue weighted by Crippen LogP contribution is -2.42. The summed E-state index contributed by atoms with van der Waals surface area (Å²) in [5, 5.41) is 0.610. The molecule has 240 valence electrons. The first-order valence-electron chi connectivity index (χ1n) is 14.6. The fourth-order valence-corrected chi connectivity index (χ4v) is 7.42. The molecule has 3 aromatic rings. The van der Waals surface area contributed by atoms with Crippen molar-refractivity contribution in [2.45, 2.75) is 49.1 Å². The van der Waals surface area contributed by atoms with E-state index in [1.165, 1.54) is 35.5 Å². The summed E-state index contributed by atoms with van der Waals surface area (Å²) < 4.78 is 46.4. The largest absolute Gasteiger partial charge is 0.493 e. The number of amides is 1. The molecule has 1 aromatic heterocycles. The monoisotopic (exact) mass is 675 g/mol. The number of aromatic nitrogens is 1. The summed E-state index contributed by atoms with van der Waals surface area (Å²) >= 11 is 12.9. The number of nitrogens with zero attached hydrogens (tertiary/aromatic N) is 3. The first-order valence-corrected chi connectivity index (χ1v) is 16.8. The molecule has 10 nitrogen and oxygen atoms in total. The maximum atomic E-state index is 13.8. The Kier molecular flexibility index (Phi) is 10.2. The third-order valence-corrected chi connectivity index (χ3v) is 10.5. The highest BCUT2D eigenvalue weighted by atomic mass is 35.5. The van der Waals surface area contributed by atoms with Gasteiger partial charge in [0, 0.05) is 45.0 Å². The second kappa shape index (κ2) is 13.9. The van der Waals surface area contributed by atoms with Gasteiger partial charge >= 0.3 is 5.97 Å². The molecule has 1 saturated heterocycles. The molecule has 2 aromatic carbocycles. The molecule has 1 saturated carbocycles. The highest BCUT2D eigenvalue weighted by Gasteiger charge is 2.41. The first-order chi connectivity index (χ1) is 21.5. The minimum Gasteiger partial charge on any atom is -0.493 e. The number of hydrogen-bond acceptors (Lipinski definition) is 8. The lowest BCUT2D eigenvalue weighted by Gasteiger charge is -2.26. The topological polar surface area (TPSA) is 115 Å². The fraction of sp³-hybridized carbons (Fsp3) is 0.406. The number of methoxy groups -OCH3 is 1. The molecule has 45 heavy (non-hydrogen) atoms. The Labute approximate surface area is 273 Å². The molecule has 0 radical (unpaired) electrons. The van der Waals surface area contributed by atoms with Crippen molar-refractivity contribution in [2.75, 3.05) is 34.4 Å². The molecular formula is C32H35Cl2N3O7S. The van der Waals surface area contributed by atoms with Crippen molar-refractivity contribution in [1.82, 2.24) is 14.2 Å². The van der Waals surface area contributed by atoms with Gasteiger partial charge in [-0.15, -0.1) is 0 Å². The molecule has 2 fully saturated rings. The SMILES string of the molecule is COc1ccc(C(Cc2c(Cl)cncc2Cl)OC(=O)[C@@H]2CCCN2S(=O)(=O)c2cccc(C(=O)N(C)C)c2)cc1OCC1CC1. The van der Waals surface area contributed by atoms with Gasteiger partial charge in [-0.2, -0.15) is 4.31 Å². The van der Waals surface area contributed by atoms with Crippen molar-refractivity contribution in [1.29, 1.82) is 0 Å².